The van der Waals surface area contributed by atoms with Crippen molar-refractivity contribution in [2.45, 2.75) is 52.5 Å². The van der Waals surface area contributed by atoms with E-state index in [1.807, 2.05) is 6.20 Å². The predicted octanol–water partition coefficient (Wildman–Crippen LogP) is 3.60. The lowest BCUT2D eigenvalue weighted by Crippen LogP contribution is -2.27. The zero-order chi connectivity index (χ0) is 13.3. The molecule has 1 rings (SSSR count). The van der Waals surface area contributed by atoms with Crippen LogP contribution in [0.2, 0.25) is 0 Å². The average molecular weight is 236 g/mol. The highest BCUT2D eigenvalue weighted by molar-refractivity contribution is 5.53. The van der Waals surface area contributed by atoms with Gasteiger partial charge in [0.15, 0.2) is 11.6 Å². The Labute approximate surface area is 105 Å². The summed E-state index contributed by atoms with van der Waals surface area (Å²) in [6, 6.07) is 2.06. The molecule has 96 valence electrons. The first-order valence-corrected chi connectivity index (χ1v) is 5.96. The standard InChI is InChI=1S/C14H24N2O/c1-13(2,3)10-8-11(17-7)12(15-9-10)16-14(4,5)6/h8-9H,1-7H3,(H,15,16). The van der Waals surface area contributed by atoms with Crippen molar-refractivity contribution in [3.8, 4) is 5.75 Å². The number of aromatic nitrogens is 1. The van der Waals surface area contributed by atoms with Gasteiger partial charge in [-0.2, -0.15) is 0 Å². The highest BCUT2D eigenvalue weighted by atomic mass is 16.5. The largest absolute Gasteiger partial charge is 0.493 e. The van der Waals surface area contributed by atoms with Crippen LogP contribution >= 0.6 is 0 Å². The fraction of sp³-hybridized carbons (Fsp3) is 0.643. The Kier molecular flexibility index (Phi) is 3.70. The van der Waals surface area contributed by atoms with E-state index in [2.05, 4.69) is 57.9 Å². The van der Waals surface area contributed by atoms with Gasteiger partial charge in [-0.3, -0.25) is 0 Å². The quantitative estimate of drug-likeness (QED) is 0.852. The van der Waals surface area contributed by atoms with E-state index in [1.165, 1.54) is 5.56 Å². The first-order chi connectivity index (χ1) is 7.63. The zero-order valence-corrected chi connectivity index (χ0v) is 12.0. The van der Waals surface area contributed by atoms with Gasteiger partial charge < -0.3 is 10.1 Å². The van der Waals surface area contributed by atoms with Gasteiger partial charge in [-0.15, -0.1) is 0 Å². The molecule has 0 aliphatic rings. The van der Waals surface area contributed by atoms with Crippen LogP contribution in [-0.4, -0.2) is 17.6 Å². The maximum Gasteiger partial charge on any atom is 0.169 e. The molecule has 0 aromatic carbocycles. The van der Waals surface area contributed by atoms with Gasteiger partial charge in [0, 0.05) is 11.7 Å². The van der Waals surface area contributed by atoms with Gasteiger partial charge in [0.2, 0.25) is 0 Å². The third kappa shape index (κ3) is 3.91. The van der Waals surface area contributed by atoms with Crippen LogP contribution < -0.4 is 10.1 Å². The van der Waals surface area contributed by atoms with Crippen LogP contribution in [0.3, 0.4) is 0 Å². The van der Waals surface area contributed by atoms with Crippen molar-refractivity contribution in [2.75, 3.05) is 12.4 Å². The Morgan fingerprint density at radius 3 is 2.12 bits per heavy atom. The molecule has 0 amide bonds. The first kappa shape index (κ1) is 13.8. The van der Waals surface area contributed by atoms with Gasteiger partial charge in [0.1, 0.15) is 0 Å². The van der Waals surface area contributed by atoms with Crippen LogP contribution in [0.5, 0.6) is 5.75 Å². The molecule has 1 heterocycles. The number of methoxy groups -OCH3 is 1. The average Bonchev–Trinajstić information content (AvgIpc) is 2.14. The number of pyridine rings is 1. The molecular formula is C14H24N2O. The monoisotopic (exact) mass is 236 g/mol. The number of rotatable bonds is 2. The molecule has 0 aliphatic carbocycles. The molecule has 0 saturated heterocycles. The van der Waals surface area contributed by atoms with E-state index in [4.69, 9.17) is 4.74 Å². The third-order valence-corrected chi connectivity index (χ3v) is 2.43. The van der Waals surface area contributed by atoms with Gasteiger partial charge in [0.25, 0.3) is 0 Å². The number of anilines is 1. The van der Waals surface area contributed by atoms with Gasteiger partial charge in [-0.1, -0.05) is 20.8 Å². The van der Waals surface area contributed by atoms with Crippen molar-refractivity contribution in [3.63, 3.8) is 0 Å². The minimum absolute atomic E-state index is 0.0243. The van der Waals surface area contributed by atoms with E-state index >= 15 is 0 Å². The Morgan fingerprint density at radius 2 is 1.71 bits per heavy atom. The van der Waals surface area contributed by atoms with Crippen molar-refractivity contribution in [3.05, 3.63) is 17.8 Å². The Hall–Kier alpha value is -1.25. The lowest BCUT2D eigenvalue weighted by Gasteiger charge is -2.25. The van der Waals surface area contributed by atoms with E-state index in [1.54, 1.807) is 7.11 Å². The fourth-order valence-electron chi connectivity index (χ4n) is 1.46. The van der Waals surface area contributed by atoms with E-state index < -0.39 is 0 Å². The number of ether oxygens (including phenoxy) is 1. The van der Waals surface area contributed by atoms with E-state index in [0.717, 1.165) is 11.6 Å². The molecule has 3 heteroatoms. The van der Waals surface area contributed by atoms with Gasteiger partial charge in [0.05, 0.1) is 7.11 Å². The van der Waals surface area contributed by atoms with Gasteiger partial charge in [-0.25, -0.2) is 4.98 Å². The van der Waals surface area contributed by atoms with E-state index in [-0.39, 0.29) is 11.0 Å². The van der Waals surface area contributed by atoms with E-state index in [0.29, 0.717) is 0 Å². The summed E-state index contributed by atoms with van der Waals surface area (Å²) in [7, 11) is 1.68. The molecule has 17 heavy (non-hydrogen) atoms. The molecule has 1 aromatic rings. The zero-order valence-electron chi connectivity index (χ0n) is 12.0. The second-order valence-electron chi connectivity index (χ2n) is 6.40. The lowest BCUT2D eigenvalue weighted by molar-refractivity contribution is 0.410. The lowest BCUT2D eigenvalue weighted by atomic mass is 9.88. The topological polar surface area (TPSA) is 34.1 Å². The Bertz CT molecular complexity index is 386. The summed E-state index contributed by atoms with van der Waals surface area (Å²) >= 11 is 0. The summed E-state index contributed by atoms with van der Waals surface area (Å²) in [5, 5.41) is 3.34. The molecule has 0 fully saturated rings. The summed E-state index contributed by atoms with van der Waals surface area (Å²) in [5.74, 6) is 1.60. The molecule has 0 aliphatic heterocycles. The molecule has 0 bridgehead atoms. The second kappa shape index (κ2) is 4.55. The minimum Gasteiger partial charge on any atom is -0.493 e. The van der Waals surface area contributed by atoms with Crippen LogP contribution in [0.15, 0.2) is 12.3 Å². The normalized spacial score (nSPS) is 12.4. The number of hydrogen-bond donors (Lipinski definition) is 1. The molecule has 0 atom stereocenters. The van der Waals surface area contributed by atoms with Crippen molar-refractivity contribution in [2.24, 2.45) is 0 Å². The maximum atomic E-state index is 5.40. The second-order valence-corrected chi connectivity index (χ2v) is 6.40. The highest BCUT2D eigenvalue weighted by Crippen LogP contribution is 2.30. The van der Waals surface area contributed by atoms with Gasteiger partial charge in [-0.05, 0) is 37.8 Å². The summed E-state index contributed by atoms with van der Waals surface area (Å²) in [5.41, 5.74) is 1.23. The van der Waals surface area contributed by atoms with Crippen LogP contribution in [0.4, 0.5) is 5.82 Å². The van der Waals surface area contributed by atoms with E-state index in [9.17, 15) is 0 Å². The smallest absolute Gasteiger partial charge is 0.169 e. The predicted molar refractivity (Wildman–Crippen MR) is 72.9 cm³/mol. The van der Waals surface area contributed by atoms with Crippen LogP contribution in [0.1, 0.15) is 47.1 Å². The first-order valence-electron chi connectivity index (χ1n) is 5.96. The molecular weight excluding hydrogens is 212 g/mol. The number of hydrogen-bond acceptors (Lipinski definition) is 3. The number of nitrogens with one attached hydrogen (secondary N) is 1. The minimum atomic E-state index is -0.0243. The van der Waals surface area contributed by atoms with Crippen molar-refractivity contribution >= 4 is 5.82 Å². The molecule has 0 unspecified atom stereocenters. The summed E-state index contributed by atoms with van der Waals surface area (Å²) in [6.45, 7) is 12.8. The summed E-state index contributed by atoms with van der Waals surface area (Å²) in [6.07, 6.45) is 1.91. The van der Waals surface area contributed by atoms with Gasteiger partial charge >= 0.3 is 0 Å². The molecule has 0 saturated carbocycles. The third-order valence-electron chi connectivity index (χ3n) is 2.43. The Morgan fingerprint density at radius 1 is 1.12 bits per heavy atom. The van der Waals surface area contributed by atoms with Crippen molar-refractivity contribution in [1.82, 2.24) is 4.98 Å². The Balaban J connectivity index is 3.10. The highest BCUT2D eigenvalue weighted by Gasteiger charge is 2.19. The van der Waals surface area contributed by atoms with Crippen LogP contribution in [-0.2, 0) is 5.41 Å². The fourth-order valence-corrected chi connectivity index (χ4v) is 1.46. The number of nitrogens with zero attached hydrogens (tertiary/aromatic N) is 1. The molecule has 3 nitrogen and oxygen atoms in total. The van der Waals surface area contributed by atoms with Crippen molar-refractivity contribution < 1.29 is 4.74 Å². The molecule has 1 N–H and O–H groups in total. The molecule has 1 aromatic heterocycles. The SMILES string of the molecule is COc1cc(C(C)(C)C)cnc1NC(C)(C)C. The summed E-state index contributed by atoms with van der Waals surface area (Å²) in [4.78, 5) is 4.47. The van der Waals surface area contributed by atoms with Crippen LogP contribution in [0.25, 0.3) is 0 Å². The molecule has 0 radical (unpaired) electrons. The molecule has 0 spiro atoms. The maximum absolute atomic E-state index is 5.40. The van der Waals surface area contributed by atoms with Crippen molar-refractivity contribution in [1.29, 1.82) is 0 Å². The van der Waals surface area contributed by atoms with Crippen LogP contribution in [0, 0.1) is 0 Å². The summed E-state index contributed by atoms with van der Waals surface area (Å²) < 4.78 is 5.40.